The van der Waals surface area contributed by atoms with Crippen molar-refractivity contribution < 1.29 is 24.4 Å². The Morgan fingerprint density at radius 2 is 1.12 bits per heavy atom. The van der Waals surface area contributed by atoms with Gasteiger partial charge < -0.3 is 24.4 Å². The first-order chi connectivity index (χ1) is 12.1. The van der Waals surface area contributed by atoms with Crippen molar-refractivity contribution in [3.05, 3.63) is 5.56 Å². The zero-order chi connectivity index (χ0) is 18.7. The number of unbranched alkanes of at least 4 members (excludes halogenated alkanes) is 2. The first kappa shape index (κ1) is 21.3. The SMILES string of the molecule is CCCCCc1c(O)c(O)c(OCCC)c(OCCC)c1OCCC. The summed E-state index contributed by atoms with van der Waals surface area (Å²) in [6.45, 7) is 9.59. The van der Waals surface area contributed by atoms with E-state index >= 15 is 0 Å². The molecule has 5 nitrogen and oxygen atoms in total. The van der Waals surface area contributed by atoms with Gasteiger partial charge in [-0.15, -0.1) is 0 Å². The van der Waals surface area contributed by atoms with Gasteiger partial charge in [-0.05, 0) is 32.1 Å². The van der Waals surface area contributed by atoms with Gasteiger partial charge in [0.15, 0.2) is 11.5 Å². The van der Waals surface area contributed by atoms with E-state index in [1.807, 2.05) is 20.8 Å². The molecule has 0 fully saturated rings. The molecule has 0 atom stereocenters. The molecule has 1 aromatic rings. The standard InChI is InChI=1S/C20H34O5/c1-5-9-10-11-15-16(21)17(22)19(24-13-7-3)20(25-14-8-4)18(15)23-12-6-2/h21-22H,5-14H2,1-4H3. The van der Waals surface area contributed by atoms with Gasteiger partial charge in [0.1, 0.15) is 0 Å². The number of phenolic OH excluding ortho intramolecular Hbond substituents is 2. The van der Waals surface area contributed by atoms with Crippen molar-refractivity contribution in [2.24, 2.45) is 0 Å². The summed E-state index contributed by atoms with van der Waals surface area (Å²) in [5, 5.41) is 21.0. The average Bonchev–Trinajstić information content (AvgIpc) is 2.62. The highest BCUT2D eigenvalue weighted by Crippen LogP contribution is 2.53. The Kier molecular flexibility index (Phi) is 9.97. The van der Waals surface area contributed by atoms with Crippen LogP contribution in [0.1, 0.15) is 71.8 Å². The number of phenols is 2. The van der Waals surface area contributed by atoms with Crippen LogP contribution in [0.5, 0.6) is 28.7 Å². The van der Waals surface area contributed by atoms with E-state index in [-0.39, 0.29) is 17.2 Å². The topological polar surface area (TPSA) is 68.2 Å². The molecule has 0 aliphatic heterocycles. The molecule has 144 valence electrons. The van der Waals surface area contributed by atoms with Crippen molar-refractivity contribution in [2.75, 3.05) is 19.8 Å². The highest BCUT2D eigenvalue weighted by Gasteiger charge is 2.27. The Hall–Kier alpha value is -1.78. The Morgan fingerprint density at radius 3 is 1.64 bits per heavy atom. The molecule has 0 aromatic heterocycles. The van der Waals surface area contributed by atoms with Gasteiger partial charge in [-0.25, -0.2) is 0 Å². The lowest BCUT2D eigenvalue weighted by atomic mass is 10.0. The molecule has 1 aromatic carbocycles. The molecule has 0 unspecified atom stereocenters. The molecule has 0 spiro atoms. The highest BCUT2D eigenvalue weighted by atomic mass is 16.5. The third kappa shape index (κ3) is 5.91. The highest BCUT2D eigenvalue weighted by molar-refractivity contribution is 5.69. The molecule has 0 aliphatic carbocycles. The summed E-state index contributed by atoms with van der Waals surface area (Å²) in [7, 11) is 0. The van der Waals surface area contributed by atoms with Gasteiger partial charge in [-0.1, -0.05) is 40.5 Å². The smallest absolute Gasteiger partial charge is 0.211 e. The lowest BCUT2D eigenvalue weighted by Crippen LogP contribution is -2.08. The molecule has 5 heteroatoms. The average molecular weight is 354 g/mol. The van der Waals surface area contributed by atoms with Gasteiger partial charge in [0.2, 0.25) is 17.2 Å². The minimum atomic E-state index is -0.255. The lowest BCUT2D eigenvalue weighted by Gasteiger charge is -2.22. The van der Waals surface area contributed by atoms with Gasteiger partial charge in [0.25, 0.3) is 0 Å². The van der Waals surface area contributed by atoms with Gasteiger partial charge in [0, 0.05) is 5.56 Å². The summed E-state index contributed by atoms with van der Waals surface area (Å²) < 4.78 is 17.5. The molecular formula is C20H34O5. The minimum Gasteiger partial charge on any atom is -0.504 e. The summed E-state index contributed by atoms with van der Waals surface area (Å²) in [5.41, 5.74) is 0.606. The first-order valence-electron chi connectivity index (χ1n) is 9.61. The van der Waals surface area contributed by atoms with Gasteiger partial charge >= 0.3 is 0 Å². The number of rotatable bonds is 13. The summed E-state index contributed by atoms with van der Waals surface area (Å²) in [5.74, 6) is 0.684. The van der Waals surface area contributed by atoms with Crippen LogP contribution < -0.4 is 14.2 Å². The number of hydrogen-bond donors (Lipinski definition) is 2. The van der Waals surface area contributed by atoms with Gasteiger partial charge in [-0.3, -0.25) is 0 Å². The van der Waals surface area contributed by atoms with Crippen molar-refractivity contribution in [3.8, 4) is 28.7 Å². The monoisotopic (exact) mass is 354 g/mol. The van der Waals surface area contributed by atoms with Crippen molar-refractivity contribution in [1.29, 1.82) is 0 Å². The Balaban J connectivity index is 3.38. The van der Waals surface area contributed by atoms with Crippen LogP contribution in [0.3, 0.4) is 0 Å². The van der Waals surface area contributed by atoms with Crippen LogP contribution in [-0.2, 0) is 6.42 Å². The van der Waals surface area contributed by atoms with Crippen LogP contribution in [-0.4, -0.2) is 30.0 Å². The van der Waals surface area contributed by atoms with Crippen molar-refractivity contribution in [2.45, 2.75) is 72.6 Å². The fourth-order valence-electron chi connectivity index (χ4n) is 2.52. The second-order valence-electron chi connectivity index (χ2n) is 6.17. The van der Waals surface area contributed by atoms with Crippen molar-refractivity contribution >= 4 is 0 Å². The zero-order valence-electron chi connectivity index (χ0n) is 16.2. The van der Waals surface area contributed by atoms with Crippen molar-refractivity contribution in [1.82, 2.24) is 0 Å². The third-order valence-electron chi connectivity index (χ3n) is 3.79. The number of ether oxygens (including phenoxy) is 3. The van der Waals surface area contributed by atoms with E-state index in [0.717, 1.165) is 38.5 Å². The first-order valence-corrected chi connectivity index (χ1v) is 9.61. The molecular weight excluding hydrogens is 320 g/mol. The maximum atomic E-state index is 10.5. The molecule has 0 bridgehead atoms. The minimum absolute atomic E-state index is 0.155. The predicted octanol–water partition coefficient (Wildman–Crippen LogP) is 5.20. The van der Waals surface area contributed by atoms with E-state index in [1.54, 1.807) is 0 Å². The molecule has 0 aliphatic rings. The Labute approximate surface area is 151 Å². The van der Waals surface area contributed by atoms with E-state index in [0.29, 0.717) is 43.3 Å². The summed E-state index contributed by atoms with van der Waals surface area (Å²) >= 11 is 0. The van der Waals surface area contributed by atoms with E-state index in [1.165, 1.54) is 0 Å². The predicted molar refractivity (Wildman–Crippen MR) is 100 cm³/mol. The fourth-order valence-corrected chi connectivity index (χ4v) is 2.52. The molecule has 25 heavy (non-hydrogen) atoms. The second kappa shape index (κ2) is 11.7. The molecule has 0 amide bonds. The molecule has 2 N–H and O–H groups in total. The van der Waals surface area contributed by atoms with Crippen LogP contribution in [0.15, 0.2) is 0 Å². The Morgan fingerprint density at radius 1 is 0.600 bits per heavy atom. The molecule has 0 heterocycles. The maximum Gasteiger partial charge on any atom is 0.211 e. The number of benzene rings is 1. The number of aromatic hydroxyl groups is 2. The van der Waals surface area contributed by atoms with Crippen LogP contribution >= 0.6 is 0 Å². The Bertz CT molecular complexity index is 514. The van der Waals surface area contributed by atoms with Crippen LogP contribution in [0.25, 0.3) is 0 Å². The second-order valence-corrected chi connectivity index (χ2v) is 6.17. The van der Waals surface area contributed by atoms with Crippen LogP contribution in [0.4, 0.5) is 0 Å². The van der Waals surface area contributed by atoms with E-state index in [2.05, 4.69) is 6.92 Å². The zero-order valence-corrected chi connectivity index (χ0v) is 16.2. The molecule has 0 radical (unpaired) electrons. The van der Waals surface area contributed by atoms with Crippen LogP contribution in [0.2, 0.25) is 0 Å². The maximum absolute atomic E-state index is 10.5. The molecule has 0 saturated carbocycles. The third-order valence-corrected chi connectivity index (χ3v) is 3.79. The largest absolute Gasteiger partial charge is 0.504 e. The summed E-state index contributed by atoms with van der Waals surface area (Å²) in [6, 6.07) is 0. The van der Waals surface area contributed by atoms with Crippen molar-refractivity contribution in [3.63, 3.8) is 0 Å². The van der Waals surface area contributed by atoms with E-state index in [4.69, 9.17) is 14.2 Å². The van der Waals surface area contributed by atoms with Gasteiger partial charge in [-0.2, -0.15) is 0 Å². The number of hydrogen-bond acceptors (Lipinski definition) is 5. The summed E-state index contributed by atoms with van der Waals surface area (Å²) in [4.78, 5) is 0. The lowest BCUT2D eigenvalue weighted by molar-refractivity contribution is 0.230. The van der Waals surface area contributed by atoms with Crippen LogP contribution in [0, 0.1) is 0 Å². The quantitative estimate of drug-likeness (QED) is 0.376. The van der Waals surface area contributed by atoms with E-state index in [9.17, 15) is 10.2 Å². The van der Waals surface area contributed by atoms with E-state index < -0.39 is 0 Å². The summed E-state index contributed by atoms with van der Waals surface area (Å²) in [6.07, 6.45) is 6.12. The molecule has 1 rings (SSSR count). The molecule has 0 saturated heterocycles. The normalized spacial score (nSPS) is 10.7. The van der Waals surface area contributed by atoms with Gasteiger partial charge in [0.05, 0.1) is 19.8 Å². The fraction of sp³-hybridized carbons (Fsp3) is 0.700.